The second-order valence-corrected chi connectivity index (χ2v) is 6.64. The molecular formula is C20H21ClN4O. The summed E-state index contributed by atoms with van der Waals surface area (Å²) in [6.45, 7) is 7.79. The van der Waals surface area contributed by atoms with E-state index in [1.165, 1.54) is 0 Å². The summed E-state index contributed by atoms with van der Waals surface area (Å²) in [7, 11) is 0. The van der Waals surface area contributed by atoms with Crippen LogP contribution in [0.1, 0.15) is 39.8 Å². The zero-order valence-electron chi connectivity index (χ0n) is 15.3. The Hall–Kier alpha value is -2.66. The molecular weight excluding hydrogens is 348 g/mol. The molecule has 0 atom stereocenters. The second-order valence-electron chi connectivity index (χ2n) is 6.24. The first-order valence-electron chi connectivity index (χ1n) is 8.51. The number of nitrogens with zero attached hydrogens (tertiary/aromatic N) is 3. The maximum atomic E-state index is 12.8. The standard InChI is InChI=1S/C20H21ClN4O/c1-5-15-9-6-8-12(2)18(15)22-20(26)19-14(4)25(24-23-19)17-11-7-10-16(21)13(17)3/h6-11H,5H2,1-4H3,(H,22,26). The molecule has 0 fully saturated rings. The van der Waals surface area contributed by atoms with Gasteiger partial charge < -0.3 is 5.32 Å². The molecule has 0 aliphatic carbocycles. The van der Waals surface area contributed by atoms with E-state index in [2.05, 4.69) is 22.6 Å². The predicted octanol–water partition coefficient (Wildman–Crippen LogP) is 4.66. The molecule has 0 aliphatic heterocycles. The fraction of sp³-hybridized carbons (Fsp3) is 0.250. The summed E-state index contributed by atoms with van der Waals surface area (Å²) in [5.41, 5.74) is 5.62. The maximum absolute atomic E-state index is 12.8. The van der Waals surface area contributed by atoms with Gasteiger partial charge in [0, 0.05) is 10.7 Å². The number of aryl methyl sites for hydroxylation is 2. The molecule has 0 radical (unpaired) electrons. The number of anilines is 1. The highest BCUT2D eigenvalue weighted by Gasteiger charge is 2.20. The summed E-state index contributed by atoms with van der Waals surface area (Å²) in [5.74, 6) is -0.266. The summed E-state index contributed by atoms with van der Waals surface area (Å²) in [6.07, 6.45) is 0.838. The van der Waals surface area contributed by atoms with E-state index in [0.717, 1.165) is 34.5 Å². The summed E-state index contributed by atoms with van der Waals surface area (Å²) in [5, 5.41) is 11.9. The Kier molecular flexibility index (Phi) is 5.09. The van der Waals surface area contributed by atoms with E-state index in [1.54, 1.807) is 4.68 Å². The van der Waals surface area contributed by atoms with E-state index in [1.807, 2.05) is 57.2 Å². The van der Waals surface area contributed by atoms with Crippen molar-refractivity contribution in [1.29, 1.82) is 0 Å². The fourth-order valence-electron chi connectivity index (χ4n) is 2.97. The quantitative estimate of drug-likeness (QED) is 0.728. The second kappa shape index (κ2) is 7.30. The zero-order chi connectivity index (χ0) is 18.8. The minimum atomic E-state index is -0.266. The SMILES string of the molecule is CCc1cccc(C)c1NC(=O)c1nnn(-c2cccc(Cl)c2C)c1C. The Morgan fingerprint density at radius 2 is 1.88 bits per heavy atom. The first kappa shape index (κ1) is 18.1. The van der Waals surface area contributed by atoms with Gasteiger partial charge in [-0.2, -0.15) is 0 Å². The lowest BCUT2D eigenvalue weighted by Crippen LogP contribution is -2.16. The first-order chi connectivity index (χ1) is 12.4. The van der Waals surface area contributed by atoms with Gasteiger partial charge in [-0.25, -0.2) is 4.68 Å². The molecule has 0 unspecified atom stereocenters. The Morgan fingerprint density at radius 3 is 2.62 bits per heavy atom. The van der Waals surface area contributed by atoms with Crippen molar-refractivity contribution in [3.63, 3.8) is 0 Å². The third-order valence-electron chi connectivity index (χ3n) is 4.56. The smallest absolute Gasteiger partial charge is 0.278 e. The molecule has 1 amide bonds. The monoisotopic (exact) mass is 368 g/mol. The Balaban J connectivity index is 1.96. The lowest BCUT2D eigenvalue weighted by atomic mass is 10.1. The number of para-hydroxylation sites is 1. The molecule has 0 saturated heterocycles. The van der Waals surface area contributed by atoms with Gasteiger partial charge in [0.25, 0.3) is 5.91 Å². The minimum absolute atomic E-state index is 0.266. The number of rotatable bonds is 4. The molecule has 1 heterocycles. The average Bonchev–Trinajstić information content (AvgIpc) is 3.00. The van der Waals surface area contributed by atoms with Crippen LogP contribution in [-0.2, 0) is 6.42 Å². The van der Waals surface area contributed by atoms with Crippen molar-refractivity contribution in [2.24, 2.45) is 0 Å². The largest absolute Gasteiger partial charge is 0.320 e. The molecule has 6 heteroatoms. The summed E-state index contributed by atoms with van der Waals surface area (Å²) in [6, 6.07) is 11.6. The highest BCUT2D eigenvalue weighted by atomic mass is 35.5. The van der Waals surface area contributed by atoms with Crippen LogP contribution in [0.25, 0.3) is 5.69 Å². The molecule has 1 aromatic heterocycles. The maximum Gasteiger partial charge on any atom is 0.278 e. The molecule has 2 aromatic carbocycles. The molecule has 1 N–H and O–H groups in total. The Labute approximate surface area is 158 Å². The number of hydrogen-bond acceptors (Lipinski definition) is 3. The van der Waals surface area contributed by atoms with Gasteiger partial charge in [-0.3, -0.25) is 4.79 Å². The van der Waals surface area contributed by atoms with E-state index < -0.39 is 0 Å². The summed E-state index contributed by atoms with van der Waals surface area (Å²) in [4.78, 5) is 12.8. The molecule has 3 rings (SSSR count). The molecule has 3 aromatic rings. The van der Waals surface area contributed by atoms with E-state index in [9.17, 15) is 4.79 Å². The molecule has 0 saturated carbocycles. The molecule has 134 valence electrons. The van der Waals surface area contributed by atoms with Crippen LogP contribution < -0.4 is 5.32 Å². The van der Waals surface area contributed by atoms with Crippen molar-refractivity contribution < 1.29 is 4.79 Å². The number of hydrogen-bond donors (Lipinski definition) is 1. The van der Waals surface area contributed by atoms with Crippen molar-refractivity contribution in [2.45, 2.75) is 34.1 Å². The molecule has 0 aliphatic rings. The number of halogens is 1. The fourth-order valence-corrected chi connectivity index (χ4v) is 3.14. The van der Waals surface area contributed by atoms with Gasteiger partial charge >= 0.3 is 0 Å². The Bertz CT molecular complexity index is 978. The highest BCUT2D eigenvalue weighted by Crippen LogP contribution is 2.25. The van der Waals surface area contributed by atoms with Crippen LogP contribution in [0.5, 0.6) is 0 Å². The van der Waals surface area contributed by atoms with E-state index >= 15 is 0 Å². The van der Waals surface area contributed by atoms with Gasteiger partial charge in [0.05, 0.1) is 11.4 Å². The van der Waals surface area contributed by atoms with Gasteiger partial charge in [0.15, 0.2) is 5.69 Å². The lowest BCUT2D eigenvalue weighted by Gasteiger charge is -2.12. The molecule has 26 heavy (non-hydrogen) atoms. The van der Waals surface area contributed by atoms with Crippen molar-refractivity contribution in [2.75, 3.05) is 5.32 Å². The van der Waals surface area contributed by atoms with E-state index in [-0.39, 0.29) is 5.91 Å². The third kappa shape index (κ3) is 3.22. The van der Waals surface area contributed by atoms with Gasteiger partial charge in [0.1, 0.15) is 0 Å². The van der Waals surface area contributed by atoms with Crippen molar-refractivity contribution >= 4 is 23.2 Å². The van der Waals surface area contributed by atoms with Crippen molar-refractivity contribution in [3.05, 3.63) is 69.5 Å². The van der Waals surface area contributed by atoms with Gasteiger partial charge in [0.2, 0.25) is 0 Å². The summed E-state index contributed by atoms with van der Waals surface area (Å²) >= 11 is 6.20. The number of amides is 1. The number of benzene rings is 2. The number of carbonyl (C=O) groups is 1. The van der Waals surface area contributed by atoms with Crippen LogP contribution in [0.3, 0.4) is 0 Å². The molecule has 0 bridgehead atoms. The number of nitrogens with one attached hydrogen (secondary N) is 1. The molecule has 5 nitrogen and oxygen atoms in total. The zero-order valence-corrected chi connectivity index (χ0v) is 16.1. The topological polar surface area (TPSA) is 59.8 Å². The van der Waals surface area contributed by atoms with Gasteiger partial charge in [-0.15, -0.1) is 5.10 Å². The van der Waals surface area contributed by atoms with Crippen LogP contribution in [0.2, 0.25) is 5.02 Å². The normalized spacial score (nSPS) is 10.8. The van der Waals surface area contributed by atoms with E-state index in [4.69, 9.17) is 11.6 Å². The first-order valence-corrected chi connectivity index (χ1v) is 8.89. The van der Waals surface area contributed by atoms with Crippen LogP contribution in [0.4, 0.5) is 5.69 Å². The van der Waals surface area contributed by atoms with Crippen LogP contribution in [-0.4, -0.2) is 20.9 Å². The molecule has 0 spiro atoms. The van der Waals surface area contributed by atoms with Crippen LogP contribution in [0.15, 0.2) is 36.4 Å². The van der Waals surface area contributed by atoms with Gasteiger partial charge in [-0.05, 0) is 56.0 Å². The number of aromatic nitrogens is 3. The van der Waals surface area contributed by atoms with Crippen LogP contribution in [0, 0.1) is 20.8 Å². The van der Waals surface area contributed by atoms with Crippen LogP contribution >= 0.6 is 11.6 Å². The summed E-state index contributed by atoms with van der Waals surface area (Å²) < 4.78 is 1.65. The van der Waals surface area contributed by atoms with Crippen molar-refractivity contribution in [1.82, 2.24) is 15.0 Å². The minimum Gasteiger partial charge on any atom is -0.320 e. The predicted molar refractivity (Wildman–Crippen MR) is 104 cm³/mol. The lowest BCUT2D eigenvalue weighted by molar-refractivity contribution is 0.102. The third-order valence-corrected chi connectivity index (χ3v) is 4.96. The highest BCUT2D eigenvalue weighted by molar-refractivity contribution is 6.31. The van der Waals surface area contributed by atoms with Crippen molar-refractivity contribution in [3.8, 4) is 5.69 Å². The Morgan fingerprint density at radius 1 is 1.15 bits per heavy atom. The van der Waals surface area contributed by atoms with Gasteiger partial charge in [-0.1, -0.05) is 48.0 Å². The average molecular weight is 369 g/mol. The number of carbonyl (C=O) groups excluding carboxylic acids is 1. The van der Waals surface area contributed by atoms with E-state index in [0.29, 0.717) is 16.4 Å².